The second kappa shape index (κ2) is 6.59. The number of pyridine rings is 1. The van der Waals surface area contributed by atoms with Crippen LogP contribution in [0.25, 0.3) is 5.65 Å². The number of piperidine rings is 1. The Labute approximate surface area is 150 Å². The molecule has 7 heteroatoms. The number of rotatable bonds is 4. The summed E-state index contributed by atoms with van der Waals surface area (Å²) in [5, 5.41) is 11.6. The van der Waals surface area contributed by atoms with Crippen LogP contribution >= 0.6 is 0 Å². The zero-order chi connectivity index (χ0) is 18.1. The Hall–Kier alpha value is -3.22. The summed E-state index contributed by atoms with van der Waals surface area (Å²) >= 11 is 0. The molecule has 0 radical (unpaired) electrons. The monoisotopic (exact) mass is 350 g/mol. The van der Waals surface area contributed by atoms with Crippen molar-refractivity contribution in [3.05, 3.63) is 70.4 Å². The van der Waals surface area contributed by atoms with E-state index in [4.69, 9.17) is 0 Å². The highest BCUT2D eigenvalue weighted by atomic mass is 16.6. The van der Waals surface area contributed by atoms with E-state index in [1.54, 1.807) is 24.4 Å². The molecule has 2 aromatic heterocycles. The number of fused-ring (bicyclic) bond motifs is 1. The Morgan fingerprint density at radius 3 is 2.46 bits per heavy atom. The van der Waals surface area contributed by atoms with Crippen LogP contribution in [0, 0.1) is 16.0 Å². The number of anilines is 1. The second-order valence-corrected chi connectivity index (χ2v) is 6.44. The van der Waals surface area contributed by atoms with E-state index in [0.717, 1.165) is 5.56 Å². The average Bonchev–Trinajstić information content (AvgIpc) is 3.08. The molecule has 7 nitrogen and oxygen atoms in total. The Morgan fingerprint density at radius 2 is 1.77 bits per heavy atom. The van der Waals surface area contributed by atoms with Gasteiger partial charge in [0, 0.05) is 30.6 Å². The summed E-state index contributed by atoms with van der Waals surface area (Å²) in [6.45, 7) is 1.15. The number of nitro groups is 1. The van der Waals surface area contributed by atoms with E-state index in [2.05, 4.69) is 4.98 Å². The molecule has 1 aliphatic heterocycles. The molecular formula is C19H18N4O3. The van der Waals surface area contributed by atoms with Crippen molar-refractivity contribution in [2.45, 2.75) is 12.8 Å². The molecule has 0 amide bonds. The maximum atomic E-state index is 12.6. The first-order valence-corrected chi connectivity index (χ1v) is 8.61. The van der Waals surface area contributed by atoms with Crippen LogP contribution in [-0.2, 0) is 0 Å². The van der Waals surface area contributed by atoms with Crippen molar-refractivity contribution < 1.29 is 9.72 Å². The van der Waals surface area contributed by atoms with Crippen LogP contribution in [0.2, 0.25) is 0 Å². The van der Waals surface area contributed by atoms with Crippen molar-refractivity contribution in [3.63, 3.8) is 0 Å². The average molecular weight is 350 g/mol. The minimum atomic E-state index is -0.392. The fourth-order valence-corrected chi connectivity index (χ4v) is 3.54. The van der Waals surface area contributed by atoms with Gasteiger partial charge in [0.1, 0.15) is 0 Å². The van der Waals surface area contributed by atoms with Gasteiger partial charge in [0.05, 0.1) is 6.20 Å². The van der Waals surface area contributed by atoms with E-state index in [1.807, 2.05) is 35.2 Å². The van der Waals surface area contributed by atoms with E-state index in [-0.39, 0.29) is 17.5 Å². The van der Waals surface area contributed by atoms with Gasteiger partial charge in [0.2, 0.25) is 11.5 Å². The Bertz CT molecular complexity index is 959. The first-order valence-electron chi connectivity index (χ1n) is 8.61. The normalized spacial score (nSPS) is 15.3. The van der Waals surface area contributed by atoms with E-state index >= 15 is 0 Å². The summed E-state index contributed by atoms with van der Waals surface area (Å²) < 4.78 is 1.50. The SMILES string of the molecule is O=C(c1ccccc1)C1CCN(c2nc3ccccn3c2[N+](=O)[O-])CC1. The van der Waals surface area contributed by atoms with Crippen molar-refractivity contribution in [2.24, 2.45) is 5.92 Å². The van der Waals surface area contributed by atoms with Gasteiger partial charge in [-0.1, -0.05) is 36.4 Å². The van der Waals surface area contributed by atoms with Crippen molar-refractivity contribution in [1.82, 2.24) is 9.38 Å². The zero-order valence-corrected chi connectivity index (χ0v) is 14.1. The number of imidazole rings is 1. The first kappa shape index (κ1) is 16.3. The molecule has 0 unspecified atom stereocenters. The van der Waals surface area contributed by atoms with Crippen LogP contribution in [0.15, 0.2) is 54.7 Å². The van der Waals surface area contributed by atoms with Crippen molar-refractivity contribution in [3.8, 4) is 0 Å². The first-order chi connectivity index (χ1) is 12.6. The van der Waals surface area contributed by atoms with Gasteiger partial charge in [0.15, 0.2) is 5.78 Å². The van der Waals surface area contributed by atoms with Gasteiger partial charge in [0.25, 0.3) is 0 Å². The van der Waals surface area contributed by atoms with Gasteiger partial charge in [-0.2, -0.15) is 9.38 Å². The van der Waals surface area contributed by atoms with Gasteiger partial charge >= 0.3 is 5.82 Å². The summed E-state index contributed by atoms with van der Waals surface area (Å²) in [4.78, 5) is 30.1. The van der Waals surface area contributed by atoms with Gasteiger partial charge in [-0.15, -0.1) is 0 Å². The number of hydrogen-bond donors (Lipinski definition) is 0. The smallest absolute Gasteiger partial charge is 0.358 e. The molecule has 1 aliphatic rings. The predicted molar refractivity (Wildman–Crippen MR) is 97.6 cm³/mol. The zero-order valence-electron chi connectivity index (χ0n) is 14.1. The molecule has 0 spiro atoms. The molecule has 4 rings (SSSR count). The summed E-state index contributed by atoms with van der Waals surface area (Å²) in [5.41, 5.74) is 1.28. The van der Waals surface area contributed by atoms with Crippen LogP contribution in [0.5, 0.6) is 0 Å². The number of hydrogen-bond acceptors (Lipinski definition) is 5. The number of carbonyl (C=O) groups excluding carboxylic acids is 1. The fourth-order valence-electron chi connectivity index (χ4n) is 3.54. The third-order valence-corrected chi connectivity index (χ3v) is 4.88. The lowest BCUT2D eigenvalue weighted by molar-refractivity contribution is -0.389. The third kappa shape index (κ3) is 2.81. The quantitative estimate of drug-likeness (QED) is 0.409. The van der Waals surface area contributed by atoms with Crippen LogP contribution in [-0.4, -0.2) is 33.2 Å². The lowest BCUT2D eigenvalue weighted by atomic mass is 9.89. The molecule has 26 heavy (non-hydrogen) atoms. The number of benzene rings is 1. The number of carbonyl (C=O) groups is 1. The van der Waals surface area contributed by atoms with Crippen molar-refractivity contribution in [2.75, 3.05) is 18.0 Å². The van der Waals surface area contributed by atoms with Gasteiger partial charge in [-0.3, -0.25) is 4.79 Å². The maximum Gasteiger partial charge on any atom is 0.372 e. The second-order valence-electron chi connectivity index (χ2n) is 6.44. The summed E-state index contributed by atoms with van der Waals surface area (Å²) in [5.74, 6) is 0.458. The molecule has 1 fully saturated rings. The minimum absolute atomic E-state index is 0.0200. The van der Waals surface area contributed by atoms with E-state index in [1.165, 1.54) is 4.40 Å². The lowest BCUT2D eigenvalue weighted by Crippen LogP contribution is -2.37. The summed E-state index contributed by atoms with van der Waals surface area (Å²) in [6.07, 6.45) is 2.98. The van der Waals surface area contributed by atoms with Crippen LogP contribution in [0.4, 0.5) is 11.6 Å². The van der Waals surface area contributed by atoms with Gasteiger partial charge in [-0.25, -0.2) is 0 Å². The van der Waals surface area contributed by atoms with Gasteiger partial charge in [-0.05, 0) is 23.8 Å². The third-order valence-electron chi connectivity index (χ3n) is 4.88. The fraction of sp³-hybridized carbons (Fsp3) is 0.263. The number of ketones is 1. The molecule has 0 aliphatic carbocycles. The predicted octanol–water partition coefficient (Wildman–Crippen LogP) is 3.34. The highest BCUT2D eigenvalue weighted by Crippen LogP contribution is 2.32. The van der Waals surface area contributed by atoms with Gasteiger partial charge < -0.3 is 15.0 Å². The van der Waals surface area contributed by atoms with E-state index < -0.39 is 4.92 Å². The Kier molecular flexibility index (Phi) is 4.12. The molecule has 0 atom stereocenters. The molecule has 0 N–H and O–H groups in total. The summed E-state index contributed by atoms with van der Waals surface area (Å²) in [6, 6.07) is 14.6. The standard InChI is InChI=1S/C19H18N4O3/c24-17(14-6-2-1-3-7-14)15-9-12-21(13-10-15)18-19(23(25)26)22-11-5-4-8-16(22)20-18/h1-8,11,15H,9-10,12-13H2. The minimum Gasteiger partial charge on any atom is -0.358 e. The molecular weight excluding hydrogens is 332 g/mol. The number of nitrogens with zero attached hydrogens (tertiary/aromatic N) is 4. The molecule has 132 valence electrons. The molecule has 3 aromatic rings. The largest absolute Gasteiger partial charge is 0.372 e. The van der Waals surface area contributed by atoms with E-state index in [0.29, 0.717) is 37.4 Å². The molecule has 1 saturated heterocycles. The number of aromatic nitrogens is 2. The van der Waals surface area contributed by atoms with E-state index in [9.17, 15) is 14.9 Å². The molecule has 3 heterocycles. The number of Topliss-reactive ketones (excluding diaryl/α,β-unsaturated/α-hetero) is 1. The highest BCUT2D eigenvalue weighted by molar-refractivity contribution is 5.98. The Balaban J connectivity index is 1.55. The lowest BCUT2D eigenvalue weighted by Gasteiger charge is -2.31. The van der Waals surface area contributed by atoms with Crippen LogP contribution in [0.3, 0.4) is 0 Å². The molecule has 0 bridgehead atoms. The van der Waals surface area contributed by atoms with Crippen molar-refractivity contribution >= 4 is 23.1 Å². The van der Waals surface area contributed by atoms with Crippen LogP contribution < -0.4 is 4.90 Å². The Morgan fingerprint density at radius 1 is 1.08 bits per heavy atom. The summed E-state index contributed by atoms with van der Waals surface area (Å²) in [7, 11) is 0. The maximum absolute atomic E-state index is 12.6. The van der Waals surface area contributed by atoms with Crippen molar-refractivity contribution in [1.29, 1.82) is 0 Å². The highest BCUT2D eigenvalue weighted by Gasteiger charge is 2.32. The topological polar surface area (TPSA) is 80.8 Å². The van der Waals surface area contributed by atoms with Crippen LogP contribution in [0.1, 0.15) is 23.2 Å². The molecule has 0 saturated carbocycles. The molecule has 1 aromatic carbocycles.